The molecule has 0 fully saturated rings. The van der Waals surface area contributed by atoms with E-state index in [0.717, 1.165) is 94.8 Å². The van der Waals surface area contributed by atoms with Gasteiger partial charge in [0.1, 0.15) is 11.3 Å². The molecule has 0 atom stereocenters. The third-order valence-electron chi connectivity index (χ3n) is 14.4. The van der Waals surface area contributed by atoms with E-state index in [1.165, 1.54) is 21.7 Å². The first-order valence-electron chi connectivity index (χ1n) is 24.9. The standard InChI is InChI=1S/C66H42N8/c1-6-21-43(22-7-1)62-67-63(44-23-8-2-9-24-44)69-64(68-62)46-27-20-32-49(39-46)73-60-42-59-54(41-55(60)61-66(73)70-65(45-25-10-3-11-26-45)74(61)48-30-14-5-15-31-48)52-34-17-19-36-57(52)72(59)50-37-38-58-53(40-50)51-33-16-18-35-56(51)71(58)47-28-12-4-13-29-47/h1-42H. The number of hydrogen-bond acceptors (Lipinski definition) is 4. The van der Waals surface area contributed by atoms with Crippen LogP contribution in [0.15, 0.2) is 255 Å². The van der Waals surface area contributed by atoms with Gasteiger partial charge in [-0.1, -0.05) is 176 Å². The van der Waals surface area contributed by atoms with Crippen LogP contribution in [0.3, 0.4) is 0 Å². The van der Waals surface area contributed by atoms with Crippen molar-refractivity contribution in [1.29, 1.82) is 0 Å². The predicted molar refractivity (Wildman–Crippen MR) is 302 cm³/mol. The van der Waals surface area contributed by atoms with Gasteiger partial charge in [-0.25, -0.2) is 19.9 Å². The molecule has 74 heavy (non-hydrogen) atoms. The zero-order chi connectivity index (χ0) is 48.7. The van der Waals surface area contributed by atoms with Gasteiger partial charge in [0.05, 0.1) is 27.6 Å². The fourth-order valence-corrected chi connectivity index (χ4v) is 11.1. The number of rotatable bonds is 8. The van der Waals surface area contributed by atoms with Crippen LogP contribution < -0.4 is 0 Å². The Labute approximate surface area is 425 Å². The van der Waals surface area contributed by atoms with Gasteiger partial charge >= 0.3 is 0 Å². The summed E-state index contributed by atoms with van der Waals surface area (Å²) in [5.74, 6) is 2.66. The summed E-state index contributed by atoms with van der Waals surface area (Å²) >= 11 is 0. The molecule has 8 nitrogen and oxygen atoms in total. The average Bonchev–Trinajstić information content (AvgIpc) is 4.21. The maximum atomic E-state index is 5.67. The summed E-state index contributed by atoms with van der Waals surface area (Å²) in [7, 11) is 0. The van der Waals surface area contributed by atoms with E-state index in [1.807, 2.05) is 60.7 Å². The zero-order valence-electron chi connectivity index (χ0n) is 39.8. The second-order valence-corrected chi connectivity index (χ2v) is 18.7. The highest BCUT2D eigenvalue weighted by molar-refractivity contribution is 6.19. The quantitative estimate of drug-likeness (QED) is 0.152. The summed E-state index contributed by atoms with van der Waals surface area (Å²) in [5.41, 5.74) is 15.3. The Morgan fingerprint density at radius 1 is 0.230 bits per heavy atom. The summed E-state index contributed by atoms with van der Waals surface area (Å²) in [5, 5.41) is 5.81. The molecule has 15 aromatic rings. The van der Waals surface area contributed by atoms with Crippen LogP contribution in [-0.4, -0.2) is 38.2 Å². The van der Waals surface area contributed by atoms with Gasteiger partial charge in [0.15, 0.2) is 23.1 Å². The molecule has 15 rings (SSSR count). The summed E-state index contributed by atoms with van der Waals surface area (Å²) in [6.07, 6.45) is 0. The van der Waals surface area contributed by atoms with Crippen LogP contribution in [0.4, 0.5) is 0 Å². The summed E-state index contributed by atoms with van der Waals surface area (Å²) in [6, 6.07) is 89.7. The first kappa shape index (κ1) is 41.6. The summed E-state index contributed by atoms with van der Waals surface area (Å²) in [4.78, 5) is 21.0. The Bertz CT molecular complexity index is 4570. The van der Waals surface area contributed by atoms with Crippen LogP contribution in [-0.2, 0) is 0 Å². The smallest absolute Gasteiger partial charge is 0.165 e. The van der Waals surface area contributed by atoms with E-state index in [4.69, 9.17) is 19.9 Å². The normalized spacial score (nSPS) is 11.8. The molecule has 5 aromatic heterocycles. The summed E-state index contributed by atoms with van der Waals surface area (Å²) < 4.78 is 9.47. The van der Waals surface area contributed by atoms with Crippen LogP contribution in [0.5, 0.6) is 0 Å². The Morgan fingerprint density at radius 3 is 1.27 bits per heavy atom. The lowest BCUT2D eigenvalue weighted by molar-refractivity contribution is 1.07. The highest BCUT2D eigenvalue weighted by Crippen LogP contribution is 2.43. The van der Waals surface area contributed by atoms with E-state index in [-0.39, 0.29) is 0 Å². The highest BCUT2D eigenvalue weighted by atomic mass is 15.2. The minimum Gasteiger partial charge on any atom is -0.309 e. The van der Waals surface area contributed by atoms with Crippen LogP contribution in [0, 0.1) is 0 Å². The lowest BCUT2D eigenvalue weighted by Crippen LogP contribution is -2.01. The van der Waals surface area contributed by atoms with Crippen molar-refractivity contribution in [3.63, 3.8) is 0 Å². The van der Waals surface area contributed by atoms with Crippen molar-refractivity contribution < 1.29 is 0 Å². The molecule has 0 radical (unpaired) electrons. The predicted octanol–water partition coefficient (Wildman–Crippen LogP) is 16.0. The minimum absolute atomic E-state index is 0.582. The van der Waals surface area contributed by atoms with Crippen LogP contribution in [0.2, 0.25) is 0 Å². The Morgan fingerprint density at radius 2 is 0.662 bits per heavy atom. The van der Waals surface area contributed by atoms with E-state index >= 15 is 0 Å². The minimum atomic E-state index is 0.582. The number of hydrogen-bond donors (Lipinski definition) is 0. The zero-order valence-corrected chi connectivity index (χ0v) is 39.8. The molecular formula is C66H42N8. The maximum absolute atomic E-state index is 5.67. The molecule has 0 saturated carbocycles. The highest BCUT2D eigenvalue weighted by Gasteiger charge is 2.26. The fraction of sp³-hybridized carbons (Fsp3) is 0. The van der Waals surface area contributed by atoms with Crippen molar-refractivity contribution in [2.75, 3.05) is 0 Å². The van der Waals surface area contributed by atoms with Gasteiger partial charge in [0, 0.05) is 71.9 Å². The molecule has 0 amide bonds. The van der Waals surface area contributed by atoms with Crippen molar-refractivity contribution >= 4 is 65.7 Å². The van der Waals surface area contributed by atoms with Gasteiger partial charge in [-0.2, -0.15) is 0 Å². The van der Waals surface area contributed by atoms with Crippen molar-refractivity contribution in [2.24, 2.45) is 0 Å². The summed E-state index contributed by atoms with van der Waals surface area (Å²) in [6.45, 7) is 0. The molecule has 0 unspecified atom stereocenters. The first-order valence-corrected chi connectivity index (χ1v) is 24.9. The average molecular weight is 947 g/mol. The van der Waals surface area contributed by atoms with E-state index in [0.29, 0.717) is 17.5 Å². The third-order valence-corrected chi connectivity index (χ3v) is 14.4. The maximum Gasteiger partial charge on any atom is 0.165 e. The lowest BCUT2D eigenvalue weighted by atomic mass is 10.1. The molecule has 5 heterocycles. The molecule has 10 aromatic carbocycles. The van der Waals surface area contributed by atoms with Gasteiger partial charge in [0.2, 0.25) is 0 Å². The van der Waals surface area contributed by atoms with Crippen LogP contribution in [0.1, 0.15) is 0 Å². The monoisotopic (exact) mass is 946 g/mol. The second kappa shape index (κ2) is 16.7. The Balaban J connectivity index is 1.02. The van der Waals surface area contributed by atoms with Crippen LogP contribution in [0.25, 0.3) is 134 Å². The molecule has 0 aliphatic carbocycles. The Kier molecular flexibility index (Phi) is 9.40. The topological polar surface area (TPSA) is 71.3 Å². The van der Waals surface area contributed by atoms with Crippen molar-refractivity contribution in [3.8, 4) is 68.3 Å². The number of benzene rings is 10. The number of fused-ring (bicyclic) bond motifs is 9. The molecule has 0 spiro atoms. The van der Waals surface area contributed by atoms with E-state index in [1.54, 1.807) is 0 Å². The molecule has 0 aliphatic heterocycles. The van der Waals surface area contributed by atoms with E-state index in [9.17, 15) is 0 Å². The molecule has 0 N–H and O–H groups in total. The van der Waals surface area contributed by atoms with Gasteiger partial charge in [0.25, 0.3) is 0 Å². The van der Waals surface area contributed by atoms with Gasteiger partial charge in [-0.3, -0.25) is 9.13 Å². The number of nitrogens with zero attached hydrogens (tertiary/aromatic N) is 8. The molecule has 8 heteroatoms. The second-order valence-electron chi connectivity index (χ2n) is 18.7. The number of aromatic nitrogens is 8. The van der Waals surface area contributed by atoms with Crippen LogP contribution >= 0.6 is 0 Å². The third kappa shape index (κ3) is 6.55. The molecule has 0 bridgehead atoms. The largest absolute Gasteiger partial charge is 0.309 e. The first-order chi connectivity index (χ1) is 36.7. The SMILES string of the molecule is c1ccc(-c2nc(-c3ccccc3)nc(-c3cccc(-n4c5cc6c(cc5c5c4nc(-c4ccccc4)n5-c4ccccc4)c4ccccc4n6-c4ccc5c(c4)c4ccccc4n5-c4ccccc4)c3)n2)cc1. The molecule has 0 saturated heterocycles. The Hall–Kier alpha value is -10.2. The molecule has 346 valence electrons. The van der Waals surface area contributed by atoms with E-state index in [2.05, 4.69) is 212 Å². The fourth-order valence-electron chi connectivity index (χ4n) is 11.1. The van der Waals surface area contributed by atoms with E-state index < -0.39 is 0 Å². The lowest BCUT2D eigenvalue weighted by Gasteiger charge is -2.13. The van der Waals surface area contributed by atoms with Crippen molar-refractivity contribution in [2.45, 2.75) is 0 Å². The van der Waals surface area contributed by atoms with Gasteiger partial charge < -0.3 is 9.13 Å². The van der Waals surface area contributed by atoms with Gasteiger partial charge in [-0.15, -0.1) is 0 Å². The van der Waals surface area contributed by atoms with Crippen molar-refractivity contribution in [3.05, 3.63) is 255 Å². The number of para-hydroxylation sites is 4. The molecular weight excluding hydrogens is 905 g/mol. The molecule has 0 aliphatic rings. The number of imidazole rings is 1. The van der Waals surface area contributed by atoms with Gasteiger partial charge in [-0.05, 0) is 78.9 Å². The van der Waals surface area contributed by atoms with Crippen molar-refractivity contribution in [1.82, 2.24) is 38.2 Å².